The van der Waals surface area contributed by atoms with Gasteiger partial charge in [-0.3, -0.25) is 19.6 Å². The van der Waals surface area contributed by atoms with Crippen molar-refractivity contribution in [2.45, 2.75) is 39.0 Å². The average molecular weight is 535 g/mol. The minimum absolute atomic E-state index is 0.167. The number of rotatable bonds is 6. The second-order valence-corrected chi connectivity index (χ2v) is 9.15. The second kappa shape index (κ2) is 11.0. The van der Waals surface area contributed by atoms with Gasteiger partial charge in [-0.15, -0.1) is 0 Å². The number of carbonyl (C=O) groups excluding carboxylic acids is 3. The summed E-state index contributed by atoms with van der Waals surface area (Å²) in [7, 11) is 0. The molecule has 0 spiro atoms. The molecular weight excluding hydrogens is 513 g/mol. The number of Topliss-reactive ketones (excluding diaryl/α,β-unsaturated/α-hetero) is 1. The van der Waals surface area contributed by atoms with Gasteiger partial charge in [0.05, 0.1) is 35.2 Å². The predicted molar refractivity (Wildman–Crippen MR) is 131 cm³/mol. The number of halogens is 4. The third-order valence-corrected chi connectivity index (χ3v) is 5.06. The van der Waals surface area contributed by atoms with Gasteiger partial charge in [0, 0.05) is 35.3 Å². The van der Waals surface area contributed by atoms with E-state index in [-0.39, 0.29) is 11.3 Å². The molecule has 0 radical (unpaired) electrons. The number of anilines is 2. The maximum Gasteiger partial charge on any atom is 0.429 e. The van der Waals surface area contributed by atoms with Gasteiger partial charge in [-0.1, -0.05) is 18.2 Å². The van der Waals surface area contributed by atoms with Crippen molar-refractivity contribution in [1.82, 2.24) is 9.97 Å². The van der Waals surface area contributed by atoms with Crippen LogP contribution in [-0.4, -0.2) is 33.4 Å². The first-order valence-electron chi connectivity index (χ1n) is 10.8. The molecule has 0 unspecified atom stereocenters. The van der Waals surface area contributed by atoms with Gasteiger partial charge >= 0.3 is 12.3 Å². The molecule has 0 atom stereocenters. The van der Waals surface area contributed by atoms with Crippen LogP contribution >= 0.6 is 11.8 Å². The first-order chi connectivity index (χ1) is 17.2. The monoisotopic (exact) mass is 534 g/mol. The summed E-state index contributed by atoms with van der Waals surface area (Å²) in [4.78, 5) is 45.6. The molecule has 1 N–H and O–H groups in total. The molecule has 194 valence electrons. The number of nitrogens with one attached hydrogen (secondary N) is 1. The van der Waals surface area contributed by atoms with E-state index >= 15 is 0 Å². The van der Waals surface area contributed by atoms with Crippen LogP contribution in [0.25, 0.3) is 11.3 Å². The molecule has 0 aliphatic rings. The zero-order valence-electron chi connectivity index (χ0n) is 20.0. The van der Waals surface area contributed by atoms with Crippen molar-refractivity contribution < 1.29 is 32.3 Å². The topological polar surface area (TPSA) is 101 Å². The Balaban J connectivity index is 1.81. The van der Waals surface area contributed by atoms with Gasteiger partial charge in [0.15, 0.2) is 5.78 Å². The maximum atomic E-state index is 13.6. The number of nitrogens with zero attached hydrogens (tertiary/aromatic N) is 3. The van der Waals surface area contributed by atoms with E-state index in [1.165, 1.54) is 30.7 Å². The van der Waals surface area contributed by atoms with Gasteiger partial charge in [0.2, 0.25) is 5.91 Å². The van der Waals surface area contributed by atoms with Crippen molar-refractivity contribution in [1.29, 1.82) is 0 Å². The fourth-order valence-corrected chi connectivity index (χ4v) is 3.29. The van der Waals surface area contributed by atoms with E-state index in [0.717, 1.165) is 12.1 Å². The zero-order chi connectivity index (χ0) is 27.4. The highest BCUT2D eigenvalue weighted by atomic mass is 35.5. The van der Waals surface area contributed by atoms with Crippen LogP contribution < -0.4 is 9.74 Å². The van der Waals surface area contributed by atoms with Crippen LogP contribution in [0.5, 0.6) is 0 Å². The molecule has 0 aliphatic carbocycles. The summed E-state index contributed by atoms with van der Waals surface area (Å²) in [6, 6.07) is 8.76. The summed E-state index contributed by atoms with van der Waals surface area (Å²) in [5, 5.41) is 2.11. The number of ketones is 1. The van der Waals surface area contributed by atoms with Crippen molar-refractivity contribution in [2.24, 2.45) is 0 Å². The molecule has 37 heavy (non-hydrogen) atoms. The van der Waals surface area contributed by atoms with Gasteiger partial charge < -0.3 is 10.1 Å². The highest BCUT2D eigenvalue weighted by Gasteiger charge is 2.35. The fourth-order valence-electron chi connectivity index (χ4n) is 3.15. The molecule has 1 heterocycles. The molecule has 2 amide bonds. The van der Waals surface area contributed by atoms with Crippen molar-refractivity contribution in [3.8, 4) is 11.3 Å². The second-order valence-electron chi connectivity index (χ2n) is 8.81. The minimum Gasteiger partial charge on any atom is -0.443 e. The first-order valence-corrected chi connectivity index (χ1v) is 11.2. The van der Waals surface area contributed by atoms with Crippen molar-refractivity contribution >= 4 is 40.9 Å². The highest BCUT2D eigenvalue weighted by molar-refractivity contribution is 6.35. The number of ether oxygens (including phenoxy) is 1. The Bertz CT molecular complexity index is 1310. The van der Waals surface area contributed by atoms with E-state index in [0.29, 0.717) is 21.7 Å². The van der Waals surface area contributed by atoms with Crippen LogP contribution in [0.3, 0.4) is 0 Å². The van der Waals surface area contributed by atoms with Crippen LogP contribution in [-0.2, 0) is 15.7 Å². The molecule has 0 fully saturated rings. The summed E-state index contributed by atoms with van der Waals surface area (Å²) in [6.45, 7) is 4.77. The Morgan fingerprint density at radius 2 is 1.78 bits per heavy atom. The number of carbonyl (C=O) groups is 3. The molecule has 0 aliphatic heterocycles. The van der Waals surface area contributed by atoms with Crippen LogP contribution in [0.2, 0.25) is 0 Å². The molecule has 8 nitrogen and oxygen atoms in total. The minimum atomic E-state index is -4.83. The molecule has 0 saturated carbocycles. The van der Waals surface area contributed by atoms with Crippen molar-refractivity contribution in [3.05, 3.63) is 72.2 Å². The van der Waals surface area contributed by atoms with Crippen LogP contribution in [0.4, 0.5) is 29.3 Å². The number of hydrogen-bond acceptors (Lipinski definition) is 6. The van der Waals surface area contributed by atoms with Crippen molar-refractivity contribution in [3.63, 3.8) is 0 Å². The highest BCUT2D eigenvalue weighted by Crippen LogP contribution is 2.37. The molecule has 3 rings (SSSR count). The quantitative estimate of drug-likeness (QED) is 0.227. The van der Waals surface area contributed by atoms with E-state index in [1.54, 1.807) is 32.9 Å². The lowest BCUT2D eigenvalue weighted by Gasteiger charge is -2.23. The van der Waals surface area contributed by atoms with E-state index in [4.69, 9.17) is 16.5 Å². The van der Waals surface area contributed by atoms with Crippen molar-refractivity contribution in [2.75, 3.05) is 9.74 Å². The molecule has 2 aromatic carbocycles. The van der Waals surface area contributed by atoms with E-state index in [1.807, 2.05) is 0 Å². The van der Waals surface area contributed by atoms with E-state index in [9.17, 15) is 27.6 Å². The summed E-state index contributed by atoms with van der Waals surface area (Å²) in [5.74, 6) is -1.61. The van der Waals surface area contributed by atoms with Crippen LogP contribution in [0, 0.1) is 0 Å². The summed E-state index contributed by atoms with van der Waals surface area (Å²) in [6.07, 6.45) is -2.12. The third kappa shape index (κ3) is 7.50. The lowest BCUT2D eigenvalue weighted by molar-refractivity contribution is -0.137. The zero-order valence-corrected chi connectivity index (χ0v) is 20.7. The third-order valence-electron chi connectivity index (χ3n) is 4.73. The van der Waals surface area contributed by atoms with Crippen LogP contribution in [0.1, 0.15) is 43.1 Å². The maximum absolute atomic E-state index is 13.6. The molecule has 0 saturated heterocycles. The number of benzene rings is 2. The Morgan fingerprint density at radius 1 is 1.05 bits per heavy atom. The fraction of sp³-hybridized carbons (Fsp3) is 0.240. The Labute approximate surface area is 215 Å². The average Bonchev–Trinajstić information content (AvgIpc) is 2.82. The molecular formula is C25H22ClF3N4O4. The lowest BCUT2D eigenvalue weighted by atomic mass is 10.0. The predicted octanol–water partition coefficient (Wildman–Crippen LogP) is 6.27. The smallest absolute Gasteiger partial charge is 0.429 e. The number of aromatic nitrogens is 2. The number of hydrogen-bond donors (Lipinski definition) is 1. The number of alkyl halides is 3. The molecule has 12 heteroatoms. The molecule has 0 bridgehead atoms. The van der Waals surface area contributed by atoms with E-state index in [2.05, 4.69) is 15.3 Å². The van der Waals surface area contributed by atoms with Gasteiger partial charge in [-0.05, 0) is 45.0 Å². The SMILES string of the molecule is CC(C)(C)OC(=O)N(Cl)c1ccc(C(F)(F)F)c(NC(=O)CC(=O)c2cccc(-c3cnccn3)c2)c1. The summed E-state index contributed by atoms with van der Waals surface area (Å²) in [5.41, 5.74) is -1.69. The lowest BCUT2D eigenvalue weighted by Crippen LogP contribution is -2.31. The van der Waals surface area contributed by atoms with Crippen LogP contribution in [0.15, 0.2) is 61.1 Å². The Kier molecular flexibility index (Phi) is 8.17. The normalized spacial score (nSPS) is 11.5. The van der Waals surface area contributed by atoms with Gasteiger partial charge in [-0.2, -0.15) is 17.6 Å². The Morgan fingerprint density at radius 3 is 2.41 bits per heavy atom. The first kappa shape index (κ1) is 27.6. The van der Waals surface area contributed by atoms with Gasteiger partial charge in [0.1, 0.15) is 5.60 Å². The van der Waals surface area contributed by atoms with Gasteiger partial charge in [-0.25, -0.2) is 4.79 Å². The molecule has 1 aromatic heterocycles. The Hall–Kier alpha value is -3.99. The number of amides is 2. The van der Waals surface area contributed by atoms with E-state index < -0.39 is 47.2 Å². The largest absolute Gasteiger partial charge is 0.443 e. The summed E-state index contributed by atoms with van der Waals surface area (Å²) < 4.78 is 46.3. The van der Waals surface area contributed by atoms with Gasteiger partial charge in [0.25, 0.3) is 0 Å². The summed E-state index contributed by atoms with van der Waals surface area (Å²) >= 11 is 5.97. The molecule has 3 aromatic rings. The standard InChI is InChI=1S/C25H22ClF3N4O4/c1-24(2,3)37-23(36)33(26)17-7-8-18(25(27,28)29)19(12-17)32-22(35)13-21(34)16-6-4-5-15(11-16)20-14-30-9-10-31-20/h4-12,14H,13H2,1-3H3,(H,32,35).